The van der Waals surface area contributed by atoms with Crippen LogP contribution in [0.15, 0.2) is 54.7 Å². The molecule has 0 radical (unpaired) electrons. The van der Waals surface area contributed by atoms with Gasteiger partial charge in [-0.25, -0.2) is 9.97 Å². The van der Waals surface area contributed by atoms with E-state index in [4.69, 9.17) is 21.3 Å². The fourth-order valence-corrected chi connectivity index (χ4v) is 5.94. The minimum absolute atomic E-state index is 0.141. The van der Waals surface area contributed by atoms with Crippen LogP contribution < -0.4 is 15.0 Å². The number of benzene rings is 2. The van der Waals surface area contributed by atoms with Crippen molar-refractivity contribution in [2.24, 2.45) is 0 Å². The summed E-state index contributed by atoms with van der Waals surface area (Å²) in [4.78, 5) is 31.2. The lowest BCUT2D eigenvalue weighted by atomic mass is 10.0. The number of aromatic amines is 1. The number of nitrogens with one attached hydrogen (secondary N) is 2. The number of amides is 1. The number of hydrogen-bond acceptors (Lipinski definition) is 7. The monoisotopic (exact) mass is 573 g/mol. The molecule has 2 aliphatic rings. The van der Waals surface area contributed by atoms with Crippen LogP contribution in [0, 0.1) is 0 Å². The van der Waals surface area contributed by atoms with E-state index in [0.29, 0.717) is 16.7 Å². The fourth-order valence-electron chi connectivity index (χ4n) is 5.74. The Morgan fingerprint density at radius 1 is 1.02 bits per heavy atom. The molecular formula is C31H36ClN7O2. The van der Waals surface area contributed by atoms with E-state index in [9.17, 15) is 4.79 Å². The van der Waals surface area contributed by atoms with Crippen molar-refractivity contribution >= 4 is 40.0 Å². The molecule has 2 N–H and O–H groups in total. The number of piperazine rings is 1. The van der Waals surface area contributed by atoms with Gasteiger partial charge in [-0.1, -0.05) is 23.7 Å². The van der Waals surface area contributed by atoms with Gasteiger partial charge in [-0.3, -0.25) is 9.69 Å². The molecule has 4 heterocycles. The summed E-state index contributed by atoms with van der Waals surface area (Å²) >= 11 is 6.65. The molecule has 0 bridgehead atoms. The molecule has 41 heavy (non-hydrogen) atoms. The Kier molecular flexibility index (Phi) is 7.98. The van der Waals surface area contributed by atoms with Crippen LogP contribution in [0.4, 0.5) is 11.4 Å². The Balaban J connectivity index is 1.10. The number of rotatable bonds is 7. The van der Waals surface area contributed by atoms with Gasteiger partial charge in [0.05, 0.1) is 24.0 Å². The topological polar surface area (TPSA) is 89.6 Å². The van der Waals surface area contributed by atoms with Crippen molar-refractivity contribution in [2.45, 2.75) is 32.4 Å². The van der Waals surface area contributed by atoms with Gasteiger partial charge in [0.15, 0.2) is 5.65 Å². The van der Waals surface area contributed by atoms with Gasteiger partial charge in [0, 0.05) is 70.0 Å². The number of anilines is 2. The van der Waals surface area contributed by atoms with Gasteiger partial charge >= 0.3 is 0 Å². The molecule has 2 fully saturated rings. The van der Waals surface area contributed by atoms with E-state index in [1.807, 2.05) is 17.0 Å². The number of methoxy groups -OCH3 is 1. The smallest absolute Gasteiger partial charge is 0.219 e. The third-order valence-corrected chi connectivity index (χ3v) is 8.49. The zero-order chi connectivity index (χ0) is 28.3. The average Bonchev–Trinajstić information content (AvgIpc) is 3.45. The summed E-state index contributed by atoms with van der Waals surface area (Å²) in [6.07, 6.45) is 3.74. The molecule has 2 saturated heterocycles. The molecule has 0 spiro atoms. The normalized spacial score (nSPS) is 16.8. The van der Waals surface area contributed by atoms with Gasteiger partial charge in [-0.05, 0) is 54.8 Å². The van der Waals surface area contributed by atoms with Crippen molar-refractivity contribution in [1.82, 2.24) is 24.8 Å². The maximum absolute atomic E-state index is 11.6. The fraction of sp³-hybridized carbons (Fsp3) is 0.387. The molecule has 9 nitrogen and oxygen atoms in total. The quantitative estimate of drug-likeness (QED) is 0.320. The Labute approximate surface area is 245 Å². The molecule has 10 heteroatoms. The van der Waals surface area contributed by atoms with Gasteiger partial charge in [0.25, 0.3) is 0 Å². The predicted octanol–water partition coefficient (Wildman–Crippen LogP) is 5.03. The summed E-state index contributed by atoms with van der Waals surface area (Å²) in [5.74, 6) is 1.79. The van der Waals surface area contributed by atoms with E-state index in [2.05, 4.69) is 61.5 Å². The third-order valence-electron chi connectivity index (χ3n) is 8.20. The Morgan fingerprint density at radius 2 is 1.73 bits per heavy atom. The summed E-state index contributed by atoms with van der Waals surface area (Å²) in [5.41, 5.74) is 5.75. The summed E-state index contributed by atoms with van der Waals surface area (Å²) < 4.78 is 5.28. The number of likely N-dealkylation sites (tertiary alicyclic amines) is 1. The molecular weight excluding hydrogens is 538 g/mol. The van der Waals surface area contributed by atoms with E-state index in [1.165, 1.54) is 5.56 Å². The molecule has 214 valence electrons. The first kappa shape index (κ1) is 27.4. The second kappa shape index (κ2) is 12.0. The second-order valence-corrected chi connectivity index (χ2v) is 11.3. The first-order chi connectivity index (χ1) is 20.0. The number of carbonyl (C=O) groups excluding carboxylic acids is 1. The highest BCUT2D eigenvalue weighted by atomic mass is 35.5. The Morgan fingerprint density at radius 3 is 2.39 bits per heavy atom. The molecule has 2 aromatic carbocycles. The van der Waals surface area contributed by atoms with Crippen LogP contribution >= 0.6 is 11.6 Å². The molecule has 6 rings (SSSR count). The highest BCUT2D eigenvalue weighted by Crippen LogP contribution is 2.33. The number of carbonyl (C=O) groups is 1. The van der Waals surface area contributed by atoms with Crippen molar-refractivity contribution in [3.05, 3.63) is 65.3 Å². The molecule has 0 unspecified atom stereocenters. The molecule has 0 saturated carbocycles. The van der Waals surface area contributed by atoms with Crippen LogP contribution in [-0.4, -0.2) is 83.1 Å². The lowest BCUT2D eigenvalue weighted by Crippen LogP contribution is -2.48. The van der Waals surface area contributed by atoms with E-state index >= 15 is 0 Å². The summed E-state index contributed by atoms with van der Waals surface area (Å²) in [6.45, 7) is 7.77. The van der Waals surface area contributed by atoms with E-state index in [0.717, 1.165) is 92.7 Å². The zero-order valence-electron chi connectivity index (χ0n) is 23.6. The van der Waals surface area contributed by atoms with Gasteiger partial charge in [-0.2, -0.15) is 0 Å². The number of halogens is 1. The number of ether oxygens (including phenoxy) is 1. The lowest BCUT2D eigenvalue weighted by molar-refractivity contribution is -0.129. The Hall–Kier alpha value is -3.82. The van der Waals surface area contributed by atoms with Crippen LogP contribution in [0.25, 0.3) is 22.6 Å². The van der Waals surface area contributed by atoms with Crippen LogP contribution in [-0.2, 0) is 11.3 Å². The number of nitrogens with zero attached hydrogens (tertiary/aromatic N) is 5. The third kappa shape index (κ3) is 6.11. The number of hydrogen-bond donors (Lipinski definition) is 2. The molecule has 1 amide bonds. The maximum Gasteiger partial charge on any atom is 0.219 e. The highest BCUT2D eigenvalue weighted by Gasteiger charge is 2.23. The second-order valence-electron chi connectivity index (χ2n) is 10.8. The summed E-state index contributed by atoms with van der Waals surface area (Å²) in [7, 11) is 1.69. The Bertz CT molecular complexity index is 1490. The molecule has 4 aromatic rings. The number of piperidine rings is 1. The zero-order valence-corrected chi connectivity index (χ0v) is 24.3. The van der Waals surface area contributed by atoms with Crippen molar-refractivity contribution in [3.63, 3.8) is 0 Å². The summed E-state index contributed by atoms with van der Waals surface area (Å²) in [6, 6.07) is 17.0. The number of fused-ring (bicyclic) bond motifs is 1. The van der Waals surface area contributed by atoms with Crippen LogP contribution in [0.3, 0.4) is 0 Å². The van der Waals surface area contributed by atoms with Crippen molar-refractivity contribution in [1.29, 1.82) is 0 Å². The number of aromatic nitrogens is 3. The van der Waals surface area contributed by atoms with Gasteiger partial charge in [-0.15, -0.1) is 0 Å². The van der Waals surface area contributed by atoms with E-state index in [-0.39, 0.29) is 5.91 Å². The molecule has 0 atom stereocenters. The van der Waals surface area contributed by atoms with Crippen molar-refractivity contribution in [3.8, 4) is 17.1 Å². The first-order valence-electron chi connectivity index (χ1n) is 14.2. The van der Waals surface area contributed by atoms with Crippen molar-refractivity contribution < 1.29 is 9.53 Å². The lowest BCUT2D eigenvalue weighted by Gasteiger charge is -2.35. The minimum atomic E-state index is 0.141. The van der Waals surface area contributed by atoms with E-state index in [1.54, 1.807) is 20.2 Å². The van der Waals surface area contributed by atoms with Crippen LogP contribution in [0.5, 0.6) is 5.75 Å². The molecule has 2 aliphatic heterocycles. The molecule has 0 aliphatic carbocycles. The number of imidazole rings is 1. The SMILES string of the molecule is COc1ccc(CN2CCC(Nc3c(Cl)cnc4[nH]c(-c5ccc(N6CCN(C(C)=O)CC6)cc5)nc34)CC2)cc1. The van der Waals surface area contributed by atoms with E-state index < -0.39 is 0 Å². The maximum atomic E-state index is 11.6. The minimum Gasteiger partial charge on any atom is -0.497 e. The highest BCUT2D eigenvalue weighted by molar-refractivity contribution is 6.34. The number of pyridine rings is 1. The summed E-state index contributed by atoms with van der Waals surface area (Å²) in [5, 5.41) is 4.27. The van der Waals surface area contributed by atoms with Gasteiger partial charge in [0.2, 0.25) is 5.91 Å². The van der Waals surface area contributed by atoms with Crippen molar-refractivity contribution in [2.75, 3.05) is 56.6 Å². The predicted molar refractivity (Wildman–Crippen MR) is 164 cm³/mol. The van der Waals surface area contributed by atoms with Gasteiger partial charge in [0.1, 0.15) is 17.1 Å². The molecule has 2 aromatic heterocycles. The van der Waals surface area contributed by atoms with Crippen LogP contribution in [0.2, 0.25) is 5.02 Å². The standard InChI is InChI=1S/C31H36ClN7O2/c1-21(40)38-15-17-39(18-16-38)25-7-5-23(6-8-25)30-35-29-28(27(32)19-33-31(29)36-30)34-24-11-13-37(14-12-24)20-22-3-9-26(41-2)10-4-22/h3-10,19,24H,11-18,20H2,1-2H3,(H2,33,34,35,36). The largest absolute Gasteiger partial charge is 0.497 e. The number of H-pyrrole nitrogens is 1. The van der Waals surface area contributed by atoms with Crippen LogP contribution in [0.1, 0.15) is 25.3 Å². The first-order valence-corrected chi connectivity index (χ1v) is 14.6. The average molecular weight is 574 g/mol. The van der Waals surface area contributed by atoms with Gasteiger partial charge < -0.3 is 24.8 Å².